The molecule has 0 aliphatic carbocycles. The second-order valence-electron chi connectivity index (χ2n) is 15.1. The molecular weight excluding hydrogens is 741 g/mol. The van der Waals surface area contributed by atoms with Crippen LogP contribution in [0.15, 0.2) is 77.3 Å². The number of carbonyl (C=O) groups excluding carboxylic acids is 2. The smallest absolute Gasteiger partial charge is 0.326 e. The molecule has 58 heavy (non-hydrogen) atoms. The molecule has 0 saturated carbocycles. The second-order valence-corrected chi connectivity index (χ2v) is 15.1. The highest BCUT2D eigenvalue weighted by Gasteiger charge is 2.39. The van der Waals surface area contributed by atoms with Gasteiger partial charge < -0.3 is 38.7 Å². The van der Waals surface area contributed by atoms with Gasteiger partial charge in [-0.1, -0.05) is 36.4 Å². The maximum Gasteiger partial charge on any atom is 0.326 e. The van der Waals surface area contributed by atoms with Crippen LogP contribution in [0.25, 0.3) is 11.1 Å². The summed E-state index contributed by atoms with van der Waals surface area (Å²) in [6, 6.07) is 18.8. The average molecular weight is 787 g/mol. The Morgan fingerprint density at radius 1 is 0.948 bits per heavy atom. The van der Waals surface area contributed by atoms with Gasteiger partial charge in [0.1, 0.15) is 36.3 Å². The van der Waals surface area contributed by atoms with Gasteiger partial charge in [0.2, 0.25) is 5.91 Å². The van der Waals surface area contributed by atoms with E-state index in [1.165, 1.54) is 4.90 Å². The van der Waals surface area contributed by atoms with E-state index in [1.54, 1.807) is 20.0 Å². The van der Waals surface area contributed by atoms with Crippen LogP contribution in [0.3, 0.4) is 0 Å². The van der Waals surface area contributed by atoms with Crippen LogP contribution in [-0.4, -0.2) is 75.8 Å². The Balaban J connectivity index is 1.01. The first-order valence-corrected chi connectivity index (χ1v) is 19.6. The summed E-state index contributed by atoms with van der Waals surface area (Å²) >= 11 is 0. The van der Waals surface area contributed by atoms with Crippen LogP contribution in [0, 0.1) is 27.7 Å². The number of oxazole rings is 1. The van der Waals surface area contributed by atoms with Gasteiger partial charge in [0.15, 0.2) is 29.2 Å². The van der Waals surface area contributed by atoms with Gasteiger partial charge in [0.25, 0.3) is 5.91 Å². The van der Waals surface area contributed by atoms with Gasteiger partial charge in [-0.05, 0) is 90.0 Å². The zero-order valence-electron chi connectivity index (χ0n) is 32.9. The number of carbonyl (C=O) groups is 3. The Morgan fingerprint density at radius 3 is 2.40 bits per heavy atom. The van der Waals surface area contributed by atoms with Crippen molar-refractivity contribution in [2.24, 2.45) is 0 Å². The van der Waals surface area contributed by atoms with Gasteiger partial charge in [0, 0.05) is 51.0 Å². The molecule has 13 nitrogen and oxygen atoms in total. The fourth-order valence-electron chi connectivity index (χ4n) is 7.85. The highest BCUT2D eigenvalue weighted by Crippen LogP contribution is 2.41. The minimum Gasteiger partial charge on any atom is -0.490 e. The maximum absolute atomic E-state index is 14.2. The molecule has 0 bridgehead atoms. The van der Waals surface area contributed by atoms with E-state index in [1.807, 2.05) is 80.6 Å². The summed E-state index contributed by atoms with van der Waals surface area (Å²) in [7, 11) is 0. The Kier molecular flexibility index (Phi) is 10.9. The summed E-state index contributed by atoms with van der Waals surface area (Å²) in [6.45, 7) is 8.99. The molecule has 3 aliphatic rings. The topological polar surface area (TPSA) is 163 Å². The molecule has 3 atom stereocenters. The molecule has 3 aliphatic heterocycles. The van der Waals surface area contributed by atoms with Crippen molar-refractivity contribution < 1.29 is 42.9 Å². The molecule has 0 radical (unpaired) electrons. The number of benzene rings is 3. The Hall–Kier alpha value is -6.21. The SMILES string of the molecule is Cc1nc(C(=O)N2Cc3cc4c(cc3C[C@H]2C(=O)N[C@@H](Cc2ccc(-c3ccnc(C)c3C)cc2)C(=O)O)OC[C@H](c2ccc(OC3CCOCC3)cc2)O4)c(C)o1. The van der Waals surface area contributed by atoms with Crippen molar-refractivity contribution in [3.8, 4) is 28.4 Å². The number of fused-ring (bicyclic) bond motifs is 2. The summed E-state index contributed by atoms with van der Waals surface area (Å²) in [6.07, 6.45) is 3.40. The number of ether oxygens (including phenoxy) is 4. The molecule has 13 heteroatoms. The van der Waals surface area contributed by atoms with E-state index in [0.29, 0.717) is 36.4 Å². The number of carboxylic acid groups (broad SMARTS) is 1. The van der Waals surface area contributed by atoms with E-state index in [9.17, 15) is 19.5 Å². The van der Waals surface area contributed by atoms with E-state index >= 15 is 0 Å². The standard InChI is InChI=1S/C45H46N4O9/c1-25-26(2)46-16-13-36(25)30-7-5-29(6-8-30)19-37(45(52)53)48-43(50)38-20-32-21-39-40(22-33(32)23-49(38)44(51)42-27(3)56-28(4)47-42)58-41(24-55-39)31-9-11-34(12-10-31)57-35-14-17-54-18-15-35/h5-13,16,21-22,35,37-38,41H,14-15,17-20,23-24H2,1-4H3,(H,48,50)(H,52,53)/t37-,38-,41+/m0/s1. The van der Waals surface area contributed by atoms with Crippen LogP contribution in [0.2, 0.25) is 0 Å². The average Bonchev–Trinajstić information content (AvgIpc) is 3.57. The number of hydrogen-bond acceptors (Lipinski definition) is 10. The first-order chi connectivity index (χ1) is 28.0. The Labute approximate surface area is 336 Å². The predicted molar refractivity (Wildman–Crippen MR) is 212 cm³/mol. The fraction of sp³-hybridized carbons (Fsp3) is 0.356. The first kappa shape index (κ1) is 38.7. The Morgan fingerprint density at radius 2 is 1.69 bits per heavy atom. The summed E-state index contributed by atoms with van der Waals surface area (Å²) < 4.78 is 29.9. The van der Waals surface area contributed by atoms with Gasteiger partial charge in [-0.15, -0.1) is 0 Å². The molecule has 2 N–H and O–H groups in total. The summed E-state index contributed by atoms with van der Waals surface area (Å²) in [5.74, 6) is 0.199. The van der Waals surface area contributed by atoms with Crippen LogP contribution in [0.1, 0.15) is 74.6 Å². The lowest BCUT2D eigenvalue weighted by atomic mass is 9.91. The van der Waals surface area contributed by atoms with Crippen molar-refractivity contribution in [2.75, 3.05) is 19.8 Å². The summed E-state index contributed by atoms with van der Waals surface area (Å²) in [4.78, 5) is 51.1. The molecule has 3 aromatic carbocycles. The molecular formula is C45H46N4O9. The molecule has 0 spiro atoms. The number of nitrogens with zero attached hydrogens (tertiary/aromatic N) is 3. The van der Waals surface area contributed by atoms with E-state index in [-0.39, 0.29) is 43.9 Å². The second kappa shape index (κ2) is 16.3. The fourth-order valence-corrected chi connectivity index (χ4v) is 7.85. The van der Waals surface area contributed by atoms with Crippen molar-refractivity contribution in [3.63, 3.8) is 0 Å². The largest absolute Gasteiger partial charge is 0.490 e. The monoisotopic (exact) mass is 786 g/mol. The molecule has 8 rings (SSSR count). The number of hydrogen-bond donors (Lipinski definition) is 2. The zero-order valence-corrected chi connectivity index (χ0v) is 32.9. The molecule has 2 aromatic heterocycles. The molecule has 1 saturated heterocycles. The maximum atomic E-state index is 14.2. The zero-order chi connectivity index (χ0) is 40.5. The van der Waals surface area contributed by atoms with Crippen LogP contribution >= 0.6 is 0 Å². The van der Waals surface area contributed by atoms with E-state index in [2.05, 4.69) is 15.3 Å². The van der Waals surface area contributed by atoms with E-state index in [0.717, 1.165) is 63.2 Å². The number of aryl methyl sites for hydroxylation is 3. The minimum absolute atomic E-state index is 0.0418. The normalized spacial score (nSPS) is 18.2. The van der Waals surface area contributed by atoms with Crippen LogP contribution in [0.4, 0.5) is 0 Å². The number of aromatic nitrogens is 2. The van der Waals surface area contributed by atoms with Crippen LogP contribution in [-0.2, 0) is 33.7 Å². The molecule has 0 unspecified atom stereocenters. The first-order valence-electron chi connectivity index (χ1n) is 19.6. The molecule has 5 heterocycles. The lowest BCUT2D eigenvalue weighted by Crippen LogP contribution is -2.56. The molecule has 5 aromatic rings. The number of rotatable bonds is 10. The van der Waals surface area contributed by atoms with Gasteiger partial charge in [-0.3, -0.25) is 14.6 Å². The van der Waals surface area contributed by atoms with Crippen molar-refractivity contribution >= 4 is 17.8 Å². The van der Waals surface area contributed by atoms with Gasteiger partial charge in [-0.25, -0.2) is 9.78 Å². The number of nitrogens with one attached hydrogen (secondary N) is 1. The summed E-state index contributed by atoms with van der Waals surface area (Å²) in [5, 5.41) is 13.0. The minimum atomic E-state index is -1.25. The highest BCUT2D eigenvalue weighted by molar-refractivity contribution is 5.98. The number of aliphatic carboxylic acids is 1. The third kappa shape index (κ3) is 8.12. The molecule has 2 amide bonds. The third-order valence-corrected chi connectivity index (χ3v) is 11.2. The number of pyridine rings is 1. The van der Waals surface area contributed by atoms with E-state index < -0.39 is 29.9 Å². The van der Waals surface area contributed by atoms with Gasteiger partial charge in [-0.2, -0.15) is 0 Å². The lowest BCUT2D eigenvalue weighted by molar-refractivity contribution is -0.142. The van der Waals surface area contributed by atoms with E-state index in [4.69, 9.17) is 23.4 Å². The quantitative estimate of drug-likeness (QED) is 0.161. The number of carboxylic acids is 1. The molecule has 300 valence electrons. The van der Waals surface area contributed by atoms with Crippen LogP contribution in [0.5, 0.6) is 17.2 Å². The van der Waals surface area contributed by atoms with Crippen molar-refractivity contribution in [2.45, 2.75) is 84.2 Å². The lowest BCUT2D eigenvalue weighted by Gasteiger charge is -2.37. The van der Waals surface area contributed by atoms with Crippen molar-refractivity contribution in [3.05, 3.63) is 124 Å². The van der Waals surface area contributed by atoms with Crippen LogP contribution < -0.4 is 19.5 Å². The number of amides is 2. The predicted octanol–water partition coefficient (Wildman–Crippen LogP) is 6.42. The van der Waals surface area contributed by atoms with Crippen molar-refractivity contribution in [1.29, 1.82) is 0 Å². The Bertz CT molecular complexity index is 2330. The molecule has 1 fully saturated rings. The van der Waals surface area contributed by atoms with Gasteiger partial charge >= 0.3 is 5.97 Å². The van der Waals surface area contributed by atoms with Crippen molar-refractivity contribution in [1.82, 2.24) is 20.2 Å². The van der Waals surface area contributed by atoms with Gasteiger partial charge in [0.05, 0.1) is 13.2 Å². The third-order valence-electron chi connectivity index (χ3n) is 11.2. The summed E-state index contributed by atoms with van der Waals surface area (Å²) in [5.41, 5.74) is 7.34. The highest BCUT2D eigenvalue weighted by atomic mass is 16.6.